The van der Waals surface area contributed by atoms with E-state index in [1.807, 2.05) is 24.3 Å². The molecule has 1 aromatic rings. The SMILES string of the molecule is COC(=O)C1(Nc2ccc(Br)cc2)CCC(C)C(C)C1. The maximum atomic E-state index is 12.3. The molecule has 1 N–H and O–H groups in total. The lowest BCUT2D eigenvalue weighted by atomic mass is 9.71. The van der Waals surface area contributed by atoms with Gasteiger partial charge in [-0.25, -0.2) is 4.79 Å². The molecule has 1 aliphatic carbocycles. The van der Waals surface area contributed by atoms with Crippen molar-refractivity contribution in [3.8, 4) is 0 Å². The number of halogens is 1. The van der Waals surface area contributed by atoms with E-state index < -0.39 is 5.54 Å². The quantitative estimate of drug-likeness (QED) is 0.837. The molecule has 1 fully saturated rings. The van der Waals surface area contributed by atoms with Crippen LogP contribution in [0.25, 0.3) is 0 Å². The summed E-state index contributed by atoms with van der Waals surface area (Å²) in [5.41, 5.74) is 0.370. The molecule has 1 aromatic carbocycles. The van der Waals surface area contributed by atoms with Gasteiger partial charge in [0.2, 0.25) is 0 Å². The summed E-state index contributed by atoms with van der Waals surface area (Å²) in [5, 5.41) is 3.43. The van der Waals surface area contributed by atoms with E-state index in [2.05, 4.69) is 35.1 Å². The molecule has 3 unspecified atom stereocenters. The first kappa shape index (κ1) is 15.4. The maximum Gasteiger partial charge on any atom is 0.331 e. The number of carbonyl (C=O) groups excluding carboxylic acids is 1. The molecule has 0 amide bonds. The van der Waals surface area contributed by atoms with Crippen LogP contribution in [0.2, 0.25) is 0 Å². The second kappa shape index (κ2) is 6.17. The lowest BCUT2D eigenvalue weighted by Crippen LogP contribution is -2.51. The normalized spacial score (nSPS) is 29.8. The Hall–Kier alpha value is -1.03. The molecular weight excluding hydrogens is 318 g/mol. The van der Waals surface area contributed by atoms with Gasteiger partial charge in [-0.1, -0.05) is 29.8 Å². The van der Waals surface area contributed by atoms with Crippen LogP contribution < -0.4 is 5.32 Å². The smallest absolute Gasteiger partial charge is 0.331 e. The summed E-state index contributed by atoms with van der Waals surface area (Å²) in [6.45, 7) is 4.47. The van der Waals surface area contributed by atoms with Gasteiger partial charge in [-0.3, -0.25) is 0 Å². The Kier molecular flexibility index (Phi) is 4.74. The molecule has 0 heterocycles. The van der Waals surface area contributed by atoms with E-state index in [9.17, 15) is 4.79 Å². The monoisotopic (exact) mass is 339 g/mol. The van der Waals surface area contributed by atoms with E-state index >= 15 is 0 Å². The van der Waals surface area contributed by atoms with Crippen molar-refractivity contribution in [1.29, 1.82) is 0 Å². The first-order valence-corrected chi connectivity index (χ1v) is 7.88. The second-order valence-corrected chi connectivity index (χ2v) is 6.82. The van der Waals surface area contributed by atoms with E-state index in [0.717, 1.165) is 29.4 Å². The molecule has 0 spiro atoms. The van der Waals surface area contributed by atoms with E-state index in [1.54, 1.807) is 0 Å². The fraction of sp³-hybridized carbons (Fsp3) is 0.562. The van der Waals surface area contributed by atoms with Gasteiger partial charge in [-0.15, -0.1) is 0 Å². The lowest BCUT2D eigenvalue weighted by Gasteiger charge is -2.41. The van der Waals surface area contributed by atoms with Crippen LogP contribution in [0.4, 0.5) is 5.69 Å². The summed E-state index contributed by atoms with van der Waals surface area (Å²) >= 11 is 3.42. The highest BCUT2D eigenvalue weighted by Gasteiger charge is 2.44. The Morgan fingerprint density at radius 1 is 1.30 bits per heavy atom. The fourth-order valence-electron chi connectivity index (χ4n) is 2.97. The average Bonchev–Trinajstić information content (AvgIpc) is 2.44. The highest BCUT2D eigenvalue weighted by atomic mass is 79.9. The number of nitrogens with one attached hydrogen (secondary N) is 1. The number of benzene rings is 1. The van der Waals surface area contributed by atoms with Crippen molar-refractivity contribution >= 4 is 27.6 Å². The zero-order chi connectivity index (χ0) is 14.8. The number of methoxy groups -OCH3 is 1. The van der Waals surface area contributed by atoms with Gasteiger partial charge in [0.25, 0.3) is 0 Å². The van der Waals surface area contributed by atoms with Gasteiger partial charge < -0.3 is 10.1 Å². The van der Waals surface area contributed by atoms with Crippen LogP contribution in [0.3, 0.4) is 0 Å². The van der Waals surface area contributed by atoms with Crippen molar-refractivity contribution in [2.75, 3.05) is 12.4 Å². The topological polar surface area (TPSA) is 38.3 Å². The molecule has 1 saturated carbocycles. The van der Waals surface area contributed by atoms with Gasteiger partial charge >= 0.3 is 5.97 Å². The van der Waals surface area contributed by atoms with Crippen LogP contribution in [0.15, 0.2) is 28.7 Å². The van der Waals surface area contributed by atoms with Crippen molar-refractivity contribution in [3.05, 3.63) is 28.7 Å². The van der Waals surface area contributed by atoms with Crippen molar-refractivity contribution in [1.82, 2.24) is 0 Å². The first-order chi connectivity index (χ1) is 9.47. The maximum absolute atomic E-state index is 12.3. The Labute approximate surface area is 129 Å². The third kappa shape index (κ3) is 3.17. The minimum Gasteiger partial charge on any atom is -0.467 e. The number of hydrogen-bond donors (Lipinski definition) is 1. The number of rotatable bonds is 3. The standard InChI is InChI=1S/C16H22BrNO2/c1-11-8-9-16(10-12(11)2,15(19)20-3)18-14-6-4-13(17)5-7-14/h4-7,11-12,18H,8-10H2,1-3H3. The minimum atomic E-state index is -0.589. The summed E-state index contributed by atoms with van der Waals surface area (Å²) in [5.74, 6) is 1.00. The van der Waals surface area contributed by atoms with Crippen LogP contribution in [-0.2, 0) is 9.53 Å². The third-order valence-electron chi connectivity index (χ3n) is 4.47. The number of carbonyl (C=O) groups is 1. The number of ether oxygens (including phenoxy) is 1. The van der Waals surface area contributed by atoms with Gasteiger partial charge in [-0.05, 0) is 55.4 Å². The van der Waals surface area contributed by atoms with Crippen LogP contribution in [-0.4, -0.2) is 18.6 Å². The van der Waals surface area contributed by atoms with E-state index in [4.69, 9.17) is 4.74 Å². The van der Waals surface area contributed by atoms with Crippen LogP contribution in [0.5, 0.6) is 0 Å². The zero-order valence-electron chi connectivity index (χ0n) is 12.3. The molecule has 110 valence electrons. The first-order valence-electron chi connectivity index (χ1n) is 7.09. The minimum absolute atomic E-state index is 0.154. The Morgan fingerprint density at radius 3 is 2.50 bits per heavy atom. The van der Waals surface area contributed by atoms with Crippen molar-refractivity contribution in [2.45, 2.75) is 38.6 Å². The van der Waals surface area contributed by atoms with E-state index in [0.29, 0.717) is 11.8 Å². The molecule has 3 nitrogen and oxygen atoms in total. The fourth-order valence-corrected chi connectivity index (χ4v) is 3.23. The van der Waals surface area contributed by atoms with Crippen molar-refractivity contribution in [2.24, 2.45) is 11.8 Å². The van der Waals surface area contributed by atoms with E-state index in [1.165, 1.54) is 7.11 Å². The summed E-state index contributed by atoms with van der Waals surface area (Å²) in [6.07, 6.45) is 2.68. The van der Waals surface area contributed by atoms with Gasteiger partial charge in [-0.2, -0.15) is 0 Å². The highest BCUT2D eigenvalue weighted by molar-refractivity contribution is 9.10. The summed E-state index contributed by atoms with van der Waals surface area (Å²) < 4.78 is 6.09. The van der Waals surface area contributed by atoms with Gasteiger partial charge in [0.15, 0.2) is 0 Å². The lowest BCUT2D eigenvalue weighted by molar-refractivity contribution is -0.148. The Balaban J connectivity index is 2.24. The Bertz CT molecular complexity index is 474. The van der Waals surface area contributed by atoms with Crippen LogP contribution in [0.1, 0.15) is 33.1 Å². The van der Waals surface area contributed by atoms with Crippen molar-refractivity contribution in [3.63, 3.8) is 0 Å². The van der Waals surface area contributed by atoms with Gasteiger partial charge in [0, 0.05) is 10.2 Å². The number of anilines is 1. The largest absolute Gasteiger partial charge is 0.467 e. The summed E-state index contributed by atoms with van der Waals surface area (Å²) in [4.78, 5) is 12.3. The molecular formula is C16H22BrNO2. The van der Waals surface area contributed by atoms with Crippen LogP contribution >= 0.6 is 15.9 Å². The second-order valence-electron chi connectivity index (χ2n) is 5.90. The molecule has 1 aliphatic rings. The zero-order valence-corrected chi connectivity index (χ0v) is 13.9. The number of hydrogen-bond acceptors (Lipinski definition) is 3. The molecule has 2 rings (SSSR count). The molecule has 0 aliphatic heterocycles. The van der Waals surface area contributed by atoms with Crippen molar-refractivity contribution < 1.29 is 9.53 Å². The molecule has 0 bridgehead atoms. The predicted octanol–water partition coefficient (Wildman–Crippen LogP) is 4.23. The van der Waals surface area contributed by atoms with Gasteiger partial charge in [0.1, 0.15) is 5.54 Å². The molecule has 0 radical (unpaired) electrons. The van der Waals surface area contributed by atoms with E-state index in [-0.39, 0.29) is 5.97 Å². The highest BCUT2D eigenvalue weighted by Crippen LogP contribution is 2.39. The molecule has 20 heavy (non-hydrogen) atoms. The molecule has 0 aromatic heterocycles. The van der Waals surface area contributed by atoms with Gasteiger partial charge in [0.05, 0.1) is 7.11 Å². The third-order valence-corrected chi connectivity index (χ3v) is 5.00. The number of esters is 1. The van der Waals surface area contributed by atoms with Crippen LogP contribution in [0, 0.1) is 11.8 Å². The molecule has 4 heteroatoms. The summed E-state index contributed by atoms with van der Waals surface area (Å²) in [6, 6.07) is 7.92. The molecule has 3 atom stereocenters. The molecule has 0 saturated heterocycles. The Morgan fingerprint density at radius 2 is 1.95 bits per heavy atom. The average molecular weight is 340 g/mol. The predicted molar refractivity (Wildman–Crippen MR) is 84.7 cm³/mol. The summed E-state index contributed by atoms with van der Waals surface area (Å²) in [7, 11) is 1.47.